The number of morpholine rings is 1. The number of carbonyl (C=O) groups is 1. The molecule has 0 spiro atoms. The molecule has 2 aromatic carbocycles. The van der Waals surface area contributed by atoms with Gasteiger partial charge in [0, 0.05) is 23.6 Å². The van der Waals surface area contributed by atoms with Crippen molar-refractivity contribution in [3.63, 3.8) is 0 Å². The van der Waals surface area contributed by atoms with E-state index in [1.807, 2.05) is 58.8 Å². The van der Waals surface area contributed by atoms with Gasteiger partial charge in [-0.15, -0.1) is 23.5 Å². The number of nitrogens with zero attached hydrogens (tertiary/aromatic N) is 1. The maximum atomic E-state index is 12.9. The van der Waals surface area contributed by atoms with Crippen LogP contribution in [0.3, 0.4) is 0 Å². The van der Waals surface area contributed by atoms with E-state index in [-0.39, 0.29) is 12.0 Å². The van der Waals surface area contributed by atoms with Gasteiger partial charge in [0.15, 0.2) is 0 Å². The number of carbonyl (C=O) groups excluding carboxylic acids is 1. The molecule has 0 radical (unpaired) electrons. The third-order valence-electron chi connectivity index (χ3n) is 4.58. The first kappa shape index (κ1) is 17.0. The smallest absolute Gasteiger partial charge is 0.254 e. The van der Waals surface area contributed by atoms with Crippen molar-refractivity contribution in [1.29, 1.82) is 0 Å². The van der Waals surface area contributed by atoms with Crippen molar-refractivity contribution in [1.82, 2.24) is 4.90 Å². The molecular weight excluding hydrogens is 350 g/mol. The molecule has 5 heteroatoms. The lowest BCUT2D eigenvalue weighted by Crippen LogP contribution is -2.42. The minimum Gasteiger partial charge on any atom is -0.370 e. The Morgan fingerprint density at radius 3 is 2.40 bits per heavy atom. The summed E-state index contributed by atoms with van der Waals surface area (Å²) < 4.78 is 6.39. The number of benzene rings is 2. The van der Waals surface area contributed by atoms with Crippen LogP contribution in [0, 0.1) is 0 Å². The Kier molecular flexibility index (Phi) is 5.34. The molecule has 2 aliphatic heterocycles. The fraction of sp³-hybridized carbons (Fsp3) is 0.350. The number of rotatable bonds is 3. The molecule has 2 aromatic rings. The second-order valence-electron chi connectivity index (χ2n) is 6.22. The summed E-state index contributed by atoms with van der Waals surface area (Å²) in [5.74, 6) is 2.53. The maximum Gasteiger partial charge on any atom is 0.254 e. The fourth-order valence-corrected chi connectivity index (χ4v) is 6.08. The van der Waals surface area contributed by atoms with Crippen LogP contribution in [0.15, 0.2) is 54.6 Å². The first-order chi connectivity index (χ1) is 12.3. The number of ether oxygens (including phenoxy) is 1. The third-order valence-corrected chi connectivity index (χ3v) is 7.68. The van der Waals surface area contributed by atoms with Crippen LogP contribution in [0.4, 0.5) is 0 Å². The first-order valence-corrected chi connectivity index (χ1v) is 10.7. The molecule has 0 aliphatic carbocycles. The Morgan fingerprint density at radius 2 is 1.68 bits per heavy atom. The Balaban J connectivity index is 1.44. The van der Waals surface area contributed by atoms with Crippen LogP contribution in [-0.4, -0.2) is 42.0 Å². The van der Waals surface area contributed by atoms with Gasteiger partial charge in [0.25, 0.3) is 5.91 Å². The van der Waals surface area contributed by atoms with Gasteiger partial charge in [-0.1, -0.05) is 42.5 Å². The van der Waals surface area contributed by atoms with Gasteiger partial charge < -0.3 is 9.64 Å². The van der Waals surface area contributed by atoms with Gasteiger partial charge in [-0.05, 0) is 23.3 Å². The summed E-state index contributed by atoms with van der Waals surface area (Å²) in [6, 6.07) is 18.3. The molecule has 3 nitrogen and oxygen atoms in total. The zero-order valence-electron chi connectivity index (χ0n) is 14.0. The van der Waals surface area contributed by atoms with Gasteiger partial charge in [-0.25, -0.2) is 0 Å². The third kappa shape index (κ3) is 3.89. The second-order valence-corrected chi connectivity index (χ2v) is 8.94. The minimum absolute atomic E-state index is 0.0375. The van der Waals surface area contributed by atoms with Crippen molar-refractivity contribution < 1.29 is 9.53 Å². The standard InChI is InChI=1S/C20H21NO2S2/c22-19(16-6-8-17(9-7-16)20-24-12-13-25-20)21-10-11-23-18(14-21)15-4-2-1-3-5-15/h1-9,18,20H,10-14H2. The quantitative estimate of drug-likeness (QED) is 0.801. The van der Waals surface area contributed by atoms with E-state index in [0.717, 1.165) is 11.1 Å². The molecule has 1 unspecified atom stereocenters. The Morgan fingerprint density at radius 1 is 0.960 bits per heavy atom. The highest BCUT2D eigenvalue weighted by Gasteiger charge is 2.26. The van der Waals surface area contributed by atoms with Gasteiger partial charge in [0.2, 0.25) is 0 Å². The van der Waals surface area contributed by atoms with Crippen LogP contribution < -0.4 is 0 Å². The summed E-state index contributed by atoms with van der Waals surface area (Å²) >= 11 is 3.97. The van der Waals surface area contributed by atoms with Gasteiger partial charge in [-0.2, -0.15) is 0 Å². The minimum atomic E-state index is -0.0375. The molecule has 0 aromatic heterocycles. The normalized spacial score (nSPS) is 21.4. The van der Waals surface area contributed by atoms with E-state index in [1.165, 1.54) is 17.1 Å². The van der Waals surface area contributed by atoms with E-state index >= 15 is 0 Å². The van der Waals surface area contributed by atoms with Crippen LogP contribution in [-0.2, 0) is 4.74 Å². The van der Waals surface area contributed by atoms with Gasteiger partial charge in [0.05, 0.1) is 17.7 Å². The van der Waals surface area contributed by atoms with Gasteiger partial charge in [-0.3, -0.25) is 4.79 Å². The SMILES string of the molecule is O=C(c1ccc(C2SCCS2)cc1)N1CCOC(c2ccccc2)C1. The van der Waals surface area contributed by atoms with E-state index in [2.05, 4.69) is 24.3 Å². The Hall–Kier alpha value is -1.43. The summed E-state index contributed by atoms with van der Waals surface area (Å²) in [6.07, 6.45) is -0.0375. The summed E-state index contributed by atoms with van der Waals surface area (Å²) in [7, 11) is 0. The number of hydrogen-bond donors (Lipinski definition) is 0. The van der Waals surface area contributed by atoms with Crippen LogP contribution in [0.2, 0.25) is 0 Å². The number of amides is 1. The lowest BCUT2D eigenvalue weighted by Gasteiger charge is -2.33. The zero-order chi connectivity index (χ0) is 17.1. The lowest BCUT2D eigenvalue weighted by atomic mass is 10.1. The fourth-order valence-electron chi connectivity index (χ4n) is 3.22. The lowest BCUT2D eigenvalue weighted by molar-refractivity contribution is -0.0228. The summed E-state index contributed by atoms with van der Waals surface area (Å²) in [5, 5.41) is 0. The number of hydrogen-bond acceptors (Lipinski definition) is 4. The molecule has 1 amide bonds. The summed E-state index contributed by atoms with van der Waals surface area (Å²) in [4.78, 5) is 14.8. The molecule has 1 atom stereocenters. The van der Waals surface area contributed by atoms with Gasteiger partial charge in [0.1, 0.15) is 6.10 Å². The molecule has 0 N–H and O–H groups in total. The maximum absolute atomic E-state index is 12.9. The van der Waals surface area contributed by atoms with E-state index < -0.39 is 0 Å². The average Bonchev–Trinajstić information content (AvgIpc) is 3.23. The first-order valence-electron chi connectivity index (χ1n) is 8.60. The molecular formula is C20H21NO2S2. The van der Waals surface area contributed by atoms with Crippen LogP contribution in [0.1, 0.15) is 32.2 Å². The van der Waals surface area contributed by atoms with Crippen molar-refractivity contribution in [2.45, 2.75) is 10.7 Å². The van der Waals surface area contributed by atoms with E-state index in [1.54, 1.807) is 0 Å². The molecule has 0 saturated carbocycles. The van der Waals surface area contributed by atoms with Crippen molar-refractivity contribution in [3.8, 4) is 0 Å². The highest BCUT2D eigenvalue weighted by atomic mass is 32.2. The molecule has 4 rings (SSSR count). The predicted octanol–water partition coefficient (Wildman–Crippen LogP) is 4.38. The van der Waals surface area contributed by atoms with E-state index in [4.69, 9.17) is 4.74 Å². The van der Waals surface area contributed by atoms with Crippen molar-refractivity contribution in [2.24, 2.45) is 0 Å². The summed E-state index contributed by atoms with van der Waals surface area (Å²) in [5.41, 5.74) is 3.21. The molecule has 130 valence electrons. The zero-order valence-corrected chi connectivity index (χ0v) is 15.6. The molecule has 2 saturated heterocycles. The summed E-state index contributed by atoms with van der Waals surface area (Å²) in [6.45, 7) is 1.84. The van der Waals surface area contributed by atoms with Crippen molar-refractivity contribution >= 4 is 29.4 Å². The topological polar surface area (TPSA) is 29.5 Å². The molecule has 2 aliphatic rings. The molecule has 2 fully saturated rings. The van der Waals surface area contributed by atoms with E-state index in [0.29, 0.717) is 24.3 Å². The molecule has 25 heavy (non-hydrogen) atoms. The van der Waals surface area contributed by atoms with Crippen molar-refractivity contribution in [2.75, 3.05) is 31.2 Å². The van der Waals surface area contributed by atoms with Crippen LogP contribution >= 0.6 is 23.5 Å². The highest BCUT2D eigenvalue weighted by Crippen LogP contribution is 2.45. The largest absolute Gasteiger partial charge is 0.370 e. The van der Waals surface area contributed by atoms with Crippen LogP contribution in [0.5, 0.6) is 0 Å². The predicted molar refractivity (Wildman–Crippen MR) is 105 cm³/mol. The van der Waals surface area contributed by atoms with Crippen LogP contribution in [0.25, 0.3) is 0 Å². The average molecular weight is 372 g/mol. The second kappa shape index (κ2) is 7.85. The van der Waals surface area contributed by atoms with Gasteiger partial charge >= 0.3 is 0 Å². The molecule has 2 heterocycles. The highest BCUT2D eigenvalue weighted by molar-refractivity contribution is 8.19. The monoisotopic (exact) mass is 371 g/mol. The Labute approximate surface area is 157 Å². The number of thioether (sulfide) groups is 2. The van der Waals surface area contributed by atoms with E-state index in [9.17, 15) is 4.79 Å². The Bertz CT molecular complexity index is 714. The van der Waals surface area contributed by atoms with Crippen molar-refractivity contribution in [3.05, 3.63) is 71.3 Å². The molecule has 0 bridgehead atoms.